The molecule has 0 saturated carbocycles. The molecule has 3 heterocycles. The van der Waals surface area contributed by atoms with Gasteiger partial charge in [0.05, 0.1) is 5.69 Å². The highest BCUT2D eigenvalue weighted by Crippen LogP contribution is 2.22. The van der Waals surface area contributed by atoms with Crippen LogP contribution in [0.2, 0.25) is 0 Å². The molecule has 0 atom stereocenters. The maximum absolute atomic E-state index is 13.1. The van der Waals surface area contributed by atoms with Gasteiger partial charge in [-0.1, -0.05) is 0 Å². The number of rotatable bonds is 4. The smallest absolute Gasteiger partial charge is 0.272 e. The number of aryl methyl sites for hydroxylation is 2. The van der Waals surface area contributed by atoms with E-state index in [4.69, 9.17) is 4.74 Å². The summed E-state index contributed by atoms with van der Waals surface area (Å²) < 4.78 is 20.6. The summed E-state index contributed by atoms with van der Waals surface area (Å²) in [7, 11) is 1.74. The number of hydrogen-bond donors (Lipinski definition) is 0. The van der Waals surface area contributed by atoms with E-state index in [0.29, 0.717) is 36.2 Å². The standard InChI is InChI=1S/C21H22FN5O2/c1-14-23-10-7-20(24-14)29-17-8-11-27(12-9-17)21(28)19-13-18(25-26(19)2)15-3-5-16(22)6-4-15/h3-7,10,13,17H,8-9,11-12H2,1-2H3. The Labute approximate surface area is 168 Å². The van der Waals surface area contributed by atoms with Gasteiger partial charge in [-0.25, -0.2) is 9.37 Å². The molecule has 3 aromatic rings. The Morgan fingerprint density at radius 3 is 2.59 bits per heavy atom. The second kappa shape index (κ2) is 7.98. The number of aromatic nitrogens is 4. The van der Waals surface area contributed by atoms with Gasteiger partial charge in [-0.2, -0.15) is 10.1 Å². The van der Waals surface area contributed by atoms with Crippen LogP contribution in [0.25, 0.3) is 11.3 Å². The molecular formula is C21H22FN5O2. The van der Waals surface area contributed by atoms with Crippen LogP contribution >= 0.6 is 0 Å². The number of ether oxygens (including phenoxy) is 1. The van der Waals surface area contributed by atoms with E-state index in [0.717, 1.165) is 18.4 Å². The van der Waals surface area contributed by atoms with Gasteiger partial charge in [0.25, 0.3) is 5.91 Å². The summed E-state index contributed by atoms with van der Waals surface area (Å²) in [4.78, 5) is 23.1. The second-order valence-electron chi connectivity index (χ2n) is 7.10. The minimum absolute atomic E-state index is 0.0228. The summed E-state index contributed by atoms with van der Waals surface area (Å²) in [5, 5.41) is 4.41. The molecule has 1 aliphatic rings. The van der Waals surface area contributed by atoms with Gasteiger partial charge in [-0.3, -0.25) is 9.48 Å². The van der Waals surface area contributed by atoms with Crippen molar-refractivity contribution in [2.45, 2.75) is 25.9 Å². The van der Waals surface area contributed by atoms with Crippen molar-refractivity contribution in [1.82, 2.24) is 24.6 Å². The van der Waals surface area contributed by atoms with Crippen LogP contribution in [0.5, 0.6) is 5.88 Å². The number of piperidine rings is 1. The largest absolute Gasteiger partial charge is 0.474 e. The zero-order valence-electron chi connectivity index (χ0n) is 16.4. The van der Waals surface area contributed by atoms with Crippen molar-refractivity contribution in [3.05, 3.63) is 59.9 Å². The van der Waals surface area contributed by atoms with Gasteiger partial charge >= 0.3 is 0 Å². The van der Waals surface area contributed by atoms with Gasteiger partial charge in [0.15, 0.2) is 0 Å². The Kier molecular flexibility index (Phi) is 5.24. The third-order valence-corrected chi connectivity index (χ3v) is 5.01. The SMILES string of the molecule is Cc1nccc(OC2CCN(C(=O)c3cc(-c4ccc(F)cc4)nn3C)CC2)n1. The number of halogens is 1. The van der Waals surface area contributed by atoms with Crippen LogP contribution < -0.4 is 4.74 Å². The number of hydrogen-bond acceptors (Lipinski definition) is 5. The number of carbonyl (C=O) groups is 1. The highest BCUT2D eigenvalue weighted by atomic mass is 19.1. The number of carbonyl (C=O) groups excluding carboxylic acids is 1. The van der Waals surface area contributed by atoms with E-state index in [1.165, 1.54) is 12.1 Å². The van der Waals surface area contributed by atoms with Crippen LogP contribution in [0.1, 0.15) is 29.2 Å². The van der Waals surface area contributed by atoms with Crippen molar-refractivity contribution in [2.24, 2.45) is 7.05 Å². The molecule has 29 heavy (non-hydrogen) atoms. The molecule has 150 valence electrons. The molecule has 4 rings (SSSR count). The van der Waals surface area contributed by atoms with Crippen molar-refractivity contribution in [3.63, 3.8) is 0 Å². The van der Waals surface area contributed by atoms with E-state index in [1.54, 1.807) is 42.2 Å². The van der Waals surface area contributed by atoms with Crippen molar-refractivity contribution >= 4 is 5.91 Å². The molecule has 0 radical (unpaired) electrons. The van der Waals surface area contributed by atoms with E-state index >= 15 is 0 Å². The molecule has 1 fully saturated rings. The lowest BCUT2D eigenvalue weighted by atomic mass is 10.1. The Balaban J connectivity index is 1.40. The average Bonchev–Trinajstić information content (AvgIpc) is 3.10. The molecule has 1 aromatic carbocycles. The van der Waals surface area contributed by atoms with Crippen LogP contribution in [0.15, 0.2) is 42.6 Å². The zero-order valence-corrected chi connectivity index (χ0v) is 16.4. The van der Waals surface area contributed by atoms with E-state index < -0.39 is 0 Å². The molecule has 0 unspecified atom stereocenters. The van der Waals surface area contributed by atoms with E-state index in [2.05, 4.69) is 15.1 Å². The first-order valence-electron chi connectivity index (χ1n) is 9.55. The molecular weight excluding hydrogens is 373 g/mol. The van der Waals surface area contributed by atoms with E-state index in [9.17, 15) is 9.18 Å². The number of likely N-dealkylation sites (tertiary alicyclic amines) is 1. The zero-order chi connectivity index (χ0) is 20.4. The molecule has 0 bridgehead atoms. The molecule has 0 N–H and O–H groups in total. The highest BCUT2D eigenvalue weighted by Gasteiger charge is 2.27. The van der Waals surface area contributed by atoms with Crippen molar-refractivity contribution in [1.29, 1.82) is 0 Å². The molecule has 0 spiro atoms. The predicted octanol–water partition coefficient (Wildman–Crippen LogP) is 3.01. The third kappa shape index (κ3) is 4.26. The van der Waals surface area contributed by atoms with Crippen molar-refractivity contribution < 1.29 is 13.9 Å². The second-order valence-corrected chi connectivity index (χ2v) is 7.10. The Bertz CT molecular complexity index is 1010. The summed E-state index contributed by atoms with van der Waals surface area (Å²) in [5.41, 5.74) is 1.93. The van der Waals surface area contributed by atoms with Gasteiger partial charge in [-0.05, 0) is 37.3 Å². The fraction of sp³-hybridized carbons (Fsp3) is 0.333. The van der Waals surface area contributed by atoms with Crippen LogP contribution in [0, 0.1) is 12.7 Å². The molecule has 1 saturated heterocycles. The average molecular weight is 395 g/mol. The van der Waals surface area contributed by atoms with Gasteiger partial charge in [0.1, 0.15) is 23.4 Å². The first-order valence-corrected chi connectivity index (χ1v) is 9.55. The summed E-state index contributed by atoms with van der Waals surface area (Å²) >= 11 is 0. The molecule has 1 amide bonds. The topological polar surface area (TPSA) is 73.1 Å². The quantitative estimate of drug-likeness (QED) is 0.679. The monoisotopic (exact) mass is 395 g/mol. The van der Waals surface area contributed by atoms with Crippen LogP contribution in [0.4, 0.5) is 4.39 Å². The van der Waals surface area contributed by atoms with E-state index in [1.807, 2.05) is 11.8 Å². The van der Waals surface area contributed by atoms with Crippen LogP contribution in [0.3, 0.4) is 0 Å². The Hall–Kier alpha value is -3.29. The summed E-state index contributed by atoms with van der Waals surface area (Å²) in [6.07, 6.45) is 3.17. The number of amides is 1. The van der Waals surface area contributed by atoms with Crippen LogP contribution in [-0.2, 0) is 7.05 Å². The number of nitrogens with zero attached hydrogens (tertiary/aromatic N) is 5. The lowest BCUT2D eigenvalue weighted by Gasteiger charge is -2.31. The Morgan fingerprint density at radius 1 is 1.17 bits per heavy atom. The fourth-order valence-corrected chi connectivity index (χ4v) is 3.44. The first-order chi connectivity index (χ1) is 14.0. The summed E-state index contributed by atoms with van der Waals surface area (Å²) in [6, 6.07) is 9.58. The van der Waals surface area contributed by atoms with Gasteiger partial charge in [-0.15, -0.1) is 0 Å². The summed E-state index contributed by atoms with van der Waals surface area (Å²) in [6.45, 7) is 3.03. The fourth-order valence-electron chi connectivity index (χ4n) is 3.44. The predicted molar refractivity (Wildman–Crippen MR) is 105 cm³/mol. The first kappa shape index (κ1) is 19.0. The van der Waals surface area contributed by atoms with Gasteiger partial charge in [0.2, 0.25) is 5.88 Å². The van der Waals surface area contributed by atoms with Crippen molar-refractivity contribution in [3.8, 4) is 17.1 Å². The van der Waals surface area contributed by atoms with Gasteiger partial charge in [0, 0.05) is 50.8 Å². The third-order valence-electron chi connectivity index (χ3n) is 5.01. The molecule has 0 aliphatic carbocycles. The van der Waals surface area contributed by atoms with E-state index in [-0.39, 0.29) is 17.8 Å². The minimum Gasteiger partial charge on any atom is -0.474 e. The lowest BCUT2D eigenvalue weighted by molar-refractivity contribution is 0.0577. The molecule has 8 heteroatoms. The minimum atomic E-state index is -0.303. The Morgan fingerprint density at radius 2 is 1.90 bits per heavy atom. The maximum atomic E-state index is 13.1. The normalized spacial score (nSPS) is 14.8. The number of benzene rings is 1. The molecule has 1 aliphatic heterocycles. The van der Waals surface area contributed by atoms with Gasteiger partial charge < -0.3 is 9.64 Å². The van der Waals surface area contributed by atoms with Crippen LogP contribution in [-0.4, -0.2) is 49.7 Å². The van der Waals surface area contributed by atoms with Crippen molar-refractivity contribution in [2.75, 3.05) is 13.1 Å². The molecule has 2 aromatic heterocycles. The lowest BCUT2D eigenvalue weighted by Crippen LogP contribution is -2.42. The summed E-state index contributed by atoms with van der Waals surface area (Å²) in [5.74, 6) is 0.869. The highest BCUT2D eigenvalue weighted by molar-refractivity contribution is 5.93. The maximum Gasteiger partial charge on any atom is 0.272 e. The molecule has 7 nitrogen and oxygen atoms in total.